The molecule has 0 aliphatic rings. The van der Waals surface area contributed by atoms with Gasteiger partial charge in [0, 0.05) is 5.69 Å². The van der Waals surface area contributed by atoms with Crippen molar-refractivity contribution < 1.29 is 4.52 Å². The van der Waals surface area contributed by atoms with Gasteiger partial charge in [-0.1, -0.05) is 29.7 Å². The molecule has 0 fully saturated rings. The molecule has 90 valence electrons. The molecule has 4 nitrogen and oxygen atoms in total. The highest BCUT2D eigenvalue weighted by Crippen LogP contribution is 2.32. The van der Waals surface area contributed by atoms with Crippen LogP contribution < -0.4 is 5.73 Å². The molecule has 0 amide bonds. The van der Waals surface area contributed by atoms with Gasteiger partial charge in [0.25, 0.3) is 5.89 Å². The summed E-state index contributed by atoms with van der Waals surface area (Å²) in [6, 6.07) is 5.29. The van der Waals surface area contributed by atoms with Crippen LogP contribution in [0.2, 0.25) is 5.02 Å². The lowest BCUT2D eigenvalue weighted by Gasteiger charge is -2.01. The Bertz CT molecular complexity index is 495. The molecular formula is C11H12ClN3OS. The van der Waals surface area contributed by atoms with Crippen molar-refractivity contribution in [1.82, 2.24) is 10.1 Å². The maximum absolute atomic E-state index is 6.06. The van der Waals surface area contributed by atoms with E-state index in [1.807, 2.05) is 0 Å². The quantitative estimate of drug-likeness (QED) is 0.864. The smallest absolute Gasteiger partial charge is 0.261 e. The van der Waals surface area contributed by atoms with Crippen molar-refractivity contribution in [3.8, 4) is 11.5 Å². The fraction of sp³-hybridized carbons (Fsp3) is 0.273. The normalized spacial score (nSPS) is 10.7. The fourth-order valence-electron chi connectivity index (χ4n) is 1.37. The van der Waals surface area contributed by atoms with Crippen LogP contribution in [-0.2, 0) is 5.75 Å². The molecule has 2 aromatic rings. The average Bonchev–Trinajstić information content (AvgIpc) is 2.75. The Labute approximate surface area is 109 Å². The van der Waals surface area contributed by atoms with E-state index in [-0.39, 0.29) is 0 Å². The van der Waals surface area contributed by atoms with E-state index in [1.165, 1.54) is 0 Å². The van der Waals surface area contributed by atoms with Gasteiger partial charge in [-0.2, -0.15) is 16.7 Å². The summed E-state index contributed by atoms with van der Waals surface area (Å²) >= 11 is 7.79. The number of thioether (sulfide) groups is 1. The first-order valence-electron chi connectivity index (χ1n) is 5.17. The lowest BCUT2D eigenvalue weighted by Crippen LogP contribution is -1.91. The van der Waals surface area contributed by atoms with Gasteiger partial charge in [0.2, 0.25) is 0 Å². The molecule has 2 N–H and O–H groups in total. The van der Waals surface area contributed by atoms with Crippen LogP contribution in [0.5, 0.6) is 0 Å². The summed E-state index contributed by atoms with van der Waals surface area (Å²) in [5.41, 5.74) is 6.99. The predicted molar refractivity (Wildman–Crippen MR) is 71.0 cm³/mol. The summed E-state index contributed by atoms with van der Waals surface area (Å²) in [6.45, 7) is 2.08. The van der Waals surface area contributed by atoms with Crippen molar-refractivity contribution in [2.45, 2.75) is 12.7 Å². The van der Waals surface area contributed by atoms with E-state index in [4.69, 9.17) is 21.9 Å². The van der Waals surface area contributed by atoms with Crippen LogP contribution in [0, 0.1) is 0 Å². The van der Waals surface area contributed by atoms with E-state index in [1.54, 1.807) is 30.0 Å². The first-order valence-corrected chi connectivity index (χ1v) is 6.70. The fourth-order valence-corrected chi connectivity index (χ4v) is 2.14. The van der Waals surface area contributed by atoms with Crippen molar-refractivity contribution in [2.75, 3.05) is 11.5 Å². The van der Waals surface area contributed by atoms with E-state index in [0.29, 0.717) is 28.0 Å². The second-order valence-electron chi connectivity index (χ2n) is 3.36. The third kappa shape index (κ3) is 2.73. The van der Waals surface area contributed by atoms with Crippen molar-refractivity contribution in [2.24, 2.45) is 0 Å². The van der Waals surface area contributed by atoms with Gasteiger partial charge in [-0.15, -0.1) is 0 Å². The van der Waals surface area contributed by atoms with Gasteiger partial charge in [0.05, 0.1) is 16.3 Å². The topological polar surface area (TPSA) is 64.9 Å². The minimum Gasteiger partial charge on any atom is -0.398 e. The molecular weight excluding hydrogens is 258 g/mol. The zero-order valence-corrected chi connectivity index (χ0v) is 10.9. The molecule has 6 heteroatoms. The molecule has 0 saturated carbocycles. The number of rotatable bonds is 4. The average molecular weight is 270 g/mol. The van der Waals surface area contributed by atoms with Crippen molar-refractivity contribution in [3.05, 3.63) is 29.0 Å². The first kappa shape index (κ1) is 12.3. The van der Waals surface area contributed by atoms with Crippen LogP contribution in [0.25, 0.3) is 11.5 Å². The standard InChI is InChI=1S/C11H12ClN3OS/c1-2-17-6-9-14-11(16-15-9)10-7(12)4-3-5-8(10)13/h3-5H,2,6,13H2,1H3. The van der Waals surface area contributed by atoms with Crippen LogP contribution in [0.1, 0.15) is 12.7 Å². The molecule has 0 bridgehead atoms. The van der Waals surface area contributed by atoms with Gasteiger partial charge in [0.1, 0.15) is 0 Å². The van der Waals surface area contributed by atoms with Crippen LogP contribution >= 0.6 is 23.4 Å². The highest BCUT2D eigenvalue weighted by molar-refractivity contribution is 7.98. The van der Waals surface area contributed by atoms with Crippen LogP contribution in [0.4, 0.5) is 5.69 Å². The van der Waals surface area contributed by atoms with Gasteiger partial charge < -0.3 is 10.3 Å². The molecule has 0 saturated heterocycles. The zero-order valence-electron chi connectivity index (χ0n) is 9.31. The number of hydrogen-bond acceptors (Lipinski definition) is 5. The molecule has 0 radical (unpaired) electrons. The Hall–Kier alpha value is -1.20. The Balaban J connectivity index is 2.30. The van der Waals surface area contributed by atoms with Crippen molar-refractivity contribution >= 4 is 29.1 Å². The number of benzene rings is 1. The molecule has 0 unspecified atom stereocenters. The molecule has 1 aromatic heterocycles. The van der Waals surface area contributed by atoms with Crippen molar-refractivity contribution in [3.63, 3.8) is 0 Å². The molecule has 2 rings (SSSR count). The van der Waals surface area contributed by atoms with Crippen LogP contribution in [-0.4, -0.2) is 15.9 Å². The Morgan fingerprint density at radius 2 is 2.29 bits per heavy atom. The molecule has 0 aliphatic heterocycles. The molecule has 17 heavy (non-hydrogen) atoms. The summed E-state index contributed by atoms with van der Waals surface area (Å²) in [6.07, 6.45) is 0. The van der Waals surface area contributed by atoms with E-state index in [2.05, 4.69) is 17.1 Å². The first-order chi connectivity index (χ1) is 8.22. The third-order valence-corrected chi connectivity index (χ3v) is 3.35. The molecule has 0 spiro atoms. The summed E-state index contributed by atoms with van der Waals surface area (Å²) in [5, 5.41) is 4.41. The van der Waals surface area contributed by atoms with Gasteiger partial charge in [-0.05, 0) is 17.9 Å². The van der Waals surface area contributed by atoms with Gasteiger partial charge in [0.15, 0.2) is 5.82 Å². The van der Waals surface area contributed by atoms with Gasteiger partial charge >= 0.3 is 0 Å². The van der Waals surface area contributed by atoms with Gasteiger partial charge in [-0.3, -0.25) is 0 Å². The Morgan fingerprint density at radius 3 is 3.00 bits per heavy atom. The maximum atomic E-state index is 6.06. The zero-order chi connectivity index (χ0) is 12.3. The molecule has 0 atom stereocenters. The van der Waals surface area contributed by atoms with Crippen LogP contribution in [0.3, 0.4) is 0 Å². The largest absolute Gasteiger partial charge is 0.398 e. The minimum absolute atomic E-state index is 0.375. The number of halogens is 1. The second kappa shape index (κ2) is 5.42. The number of nitrogen functional groups attached to an aromatic ring is 1. The number of aromatic nitrogens is 2. The second-order valence-corrected chi connectivity index (χ2v) is 5.04. The van der Waals surface area contributed by atoms with E-state index < -0.39 is 0 Å². The van der Waals surface area contributed by atoms with E-state index in [0.717, 1.165) is 11.5 Å². The van der Waals surface area contributed by atoms with Gasteiger partial charge in [-0.25, -0.2) is 0 Å². The number of anilines is 1. The lowest BCUT2D eigenvalue weighted by molar-refractivity contribution is 0.425. The summed E-state index contributed by atoms with van der Waals surface area (Å²) in [4.78, 5) is 4.28. The summed E-state index contributed by atoms with van der Waals surface area (Å²) in [7, 11) is 0. The lowest BCUT2D eigenvalue weighted by atomic mass is 10.2. The molecule has 0 aliphatic carbocycles. The van der Waals surface area contributed by atoms with E-state index in [9.17, 15) is 0 Å². The Morgan fingerprint density at radius 1 is 1.47 bits per heavy atom. The minimum atomic E-state index is 0.375. The van der Waals surface area contributed by atoms with Crippen molar-refractivity contribution in [1.29, 1.82) is 0 Å². The highest BCUT2D eigenvalue weighted by atomic mass is 35.5. The summed E-state index contributed by atoms with van der Waals surface area (Å²) in [5.74, 6) is 2.77. The SMILES string of the molecule is CCSCc1noc(-c2c(N)cccc2Cl)n1. The number of nitrogens with two attached hydrogens (primary N) is 1. The number of nitrogens with zero attached hydrogens (tertiary/aromatic N) is 2. The number of hydrogen-bond donors (Lipinski definition) is 1. The molecule has 1 aromatic carbocycles. The summed E-state index contributed by atoms with van der Waals surface area (Å²) < 4.78 is 5.17. The van der Waals surface area contributed by atoms with E-state index >= 15 is 0 Å². The third-order valence-electron chi connectivity index (χ3n) is 2.16. The Kier molecular flexibility index (Phi) is 3.91. The van der Waals surface area contributed by atoms with Crippen LogP contribution in [0.15, 0.2) is 22.7 Å². The molecule has 1 heterocycles. The maximum Gasteiger partial charge on any atom is 0.261 e. The highest BCUT2D eigenvalue weighted by Gasteiger charge is 2.14. The monoisotopic (exact) mass is 269 g/mol. The predicted octanol–water partition coefficient (Wildman–Crippen LogP) is 3.23.